The molecule has 0 aliphatic carbocycles. The highest BCUT2D eigenvalue weighted by atomic mass is 16.5. The predicted molar refractivity (Wildman–Crippen MR) is 76.4 cm³/mol. The first kappa shape index (κ1) is 13.9. The summed E-state index contributed by atoms with van der Waals surface area (Å²) in [6, 6.07) is 5.42. The zero-order chi connectivity index (χ0) is 14.5. The molecule has 0 spiro atoms. The summed E-state index contributed by atoms with van der Waals surface area (Å²) in [6.07, 6.45) is 0. The molecule has 0 saturated heterocycles. The number of benzene rings is 1. The fraction of sp³-hybridized carbons (Fsp3) is 0.308. The molecule has 2 rings (SSSR count). The van der Waals surface area contributed by atoms with Gasteiger partial charge in [0.25, 0.3) is 0 Å². The summed E-state index contributed by atoms with van der Waals surface area (Å²) >= 11 is 0. The Morgan fingerprint density at radius 3 is 2.10 bits per heavy atom. The van der Waals surface area contributed by atoms with Crippen molar-refractivity contribution in [2.75, 3.05) is 24.7 Å². The normalized spacial score (nSPS) is 10.3. The van der Waals surface area contributed by atoms with Gasteiger partial charge in [-0.1, -0.05) is 0 Å². The smallest absolute Gasteiger partial charge is 0.225 e. The van der Waals surface area contributed by atoms with Crippen molar-refractivity contribution in [1.29, 1.82) is 0 Å². The highest BCUT2D eigenvalue weighted by Crippen LogP contribution is 2.31. The van der Waals surface area contributed by atoms with E-state index in [1.54, 1.807) is 12.1 Å². The minimum atomic E-state index is 0.0827. The van der Waals surface area contributed by atoms with Crippen molar-refractivity contribution in [3.8, 4) is 22.9 Å². The van der Waals surface area contributed by atoms with Crippen molar-refractivity contribution in [3.05, 3.63) is 18.2 Å². The zero-order valence-electron chi connectivity index (χ0n) is 11.5. The van der Waals surface area contributed by atoms with E-state index in [1.807, 2.05) is 19.9 Å². The van der Waals surface area contributed by atoms with Gasteiger partial charge in [-0.25, -0.2) is 0 Å². The number of nitrogens with zero attached hydrogens (tertiary/aromatic N) is 3. The van der Waals surface area contributed by atoms with E-state index in [-0.39, 0.29) is 11.9 Å². The molecule has 1 heterocycles. The van der Waals surface area contributed by atoms with E-state index >= 15 is 0 Å². The van der Waals surface area contributed by atoms with Gasteiger partial charge in [-0.15, -0.1) is 0 Å². The van der Waals surface area contributed by atoms with Crippen LogP contribution in [-0.2, 0) is 0 Å². The van der Waals surface area contributed by atoms with Gasteiger partial charge in [0.1, 0.15) is 0 Å². The first-order valence-corrected chi connectivity index (χ1v) is 6.31. The fourth-order valence-corrected chi connectivity index (χ4v) is 1.73. The molecule has 0 aliphatic rings. The van der Waals surface area contributed by atoms with Crippen molar-refractivity contribution >= 4 is 11.9 Å². The van der Waals surface area contributed by atoms with Crippen molar-refractivity contribution in [3.63, 3.8) is 0 Å². The molecular formula is C13H17N5O2. The molecule has 0 radical (unpaired) electrons. The van der Waals surface area contributed by atoms with E-state index in [0.717, 1.165) is 5.56 Å². The standard InChI is InChI=1S/C13H17N5O2/c1-3-19-9-6-5-8(7-10(9)20-4-2)11-16-12(14)18-13(15)17-11/h5-7H,3-4H2,1-2H3,(H4,14,15,16,17,18). The third-order valence-corrected chi connectivity index (χ3v) is 2.47. The van der Waals surface area contributed by atoms with Gasteiger partial charge in [-0.2, -0.15) is 15.0 Å². The number of aromatic nitrogens is 3. The first-order valence-electron chi connectivity index (χ1n) is 6.31. The molecule has 7 nitrogen and oxygen atoms in total. The van der Waals surface area contributed by atoms with E-state index in [2.05, 4.69) is 15.0 Å². The summed E-state index contributed by atoms with van der Waals surface area (Å²) in [4.78, 5) is 11.9. The molecule has 1 aromatic heterocycles. The maximum atomic E-state index is 5.57. The summed E-state index contributed by atoms with van der Waals surface area (Å²) in [5.41, 5.74) is 11.9. The monoisotopic (exact) mass is 275 g/mol. The highest BCUT2D eigenvalue weighted by Gasteiger charge is 2.10. The number of hydrogen-bond acceptors (Lipinski definition) is 7. The van der Waals surface area contributed by atoms with Crippen LogP contribution < -0.4 is 20.9 Å². The molecule has 0 unspecified atom stereocenters. The van der Waals surface area contributed by atoms with Crippen molar-refractivity contribution in [1.82, 2.24) is 15.0 Å². The van der Waals surface area contributed by atoms with Crippen molar-refractivity contribution in [2.45, 2.75) is 13.8 Å². The van der Waals surface area contributed by atoms with Gasteiger partial charge in [-0.05, 0) is 32.0 Å². The number of ether oxygens (including phenoxy) is 2. The maximum Gasteiger partial charge on any atom is 0.225 e. The van der Waals surface area contributed by atoms with Crippen LogP contribution >= 0.6 is 0 Å². The van der Waals surface area contributed by atoms with Gasteiger partial charge >= 0.3 is 0 Å². The van der Waals surface area contributed by atoms with Crippen LogP contribution in [0.1, 0.15) is 13.8 Å². The van der Waals surface area contributed by atoms with Gasteiger partial charge in [0, 0.05) is 5.56 Å². The Balaban J connectivity index is 2.43. The molecule has 4 N–H and O–H groups in total. The lowest BCUT2D eigenvalue weighted by atomic mass is 10.2. The van der Waals surface area contributed by atoms with Crippen LogP contribution in [0.4, 0.5) is 11.9 Å². The summed E-state index contributed by atoms with van der Waals surface area (Å²) in [5, 5.41) is 0. The van der Waals surface area contributed by atoms with E-state index < -0.39 is 0 Å². The largest absolute Gasteiger partial charge is 0.490 e. The minimum Gasteiger partial charge on any atom is -0.490 e. The van der Waals surface area contributed by atoms with Crippen LogP contribution in [0.3, 0.4) is 0 Å². The fourth-order valence-electron chi connectivity index (χ4n) is 1.73. The molecule has 2 aromatic rings. The Morgan fingerprint density at radius 2 is 1.50 bits per heavy atom. The van der Waals surface area contributed by atoms with Crippen molar-refractivity contribution < 1.29 is 9.47 Å². The van der Waals surface area contributed by atoms with Crippen LogP contribution in [0.2, 0.25) is 0 Å². The van der Waals surface area contributed by atoms with Gasteiger partial charge in [0.05, 0.1) is 13.2 Å². The Morgan fingerprint density at radius 1 is 0.900 bits per heavy atom. The number of anilines is 2. The molecule has 0 aliphatic heterocycles. The summed E-state index contributed by atoms with van der Waals surface area (Å²) in [7, 11) is 0. The van der Waals surface area contributed by atoms with E-state index in [1.165, 1.54) is 0 Å². The van der Waals surface area contributed by atoms with E-state index in [0.29, 0.717) is 30.5 Å². The molecular weight excluding hydrogens is 258 g/mol. The Labute approximate surface area is 117 Å². The Kier molecular flexibility index (Phi) is 4.19. The Bertz CT molecular complexity index is 583. The summed E-state index contributed by atoms with van der Waals surface area (Å²) < 4.78 is 11.1. The average Bonchev–Trinajstić information content (AvgIpc) is 2.40. The van der Waals surface area contributed by atoms with E-state index in [4.69, 9.17) is 20.9 Å². The first-order chi connectivity index (χ1) is 9.63. The number of nitrogen functional groups attached to an aromatic ring is 2. The second kappa shape index (κ2) is 6.05. The Hall–Kier alpha value is -2.57. The SMILES string of the molecule is CCOc1ccc(-c2nc(N)nc(N)n2)cc1OCC. The van der Waals surface area contributed by atoms with Crippen LogP contribution in [-0.4, -0.2) is 28.2 Å². The molecule has 1 aromatic carbocycles. The van der Waals surface area contributed by atoms with Gasteiger partial charge < -0.3 is 20.9 Å². The number of rotatable bonds is 5. The second-order valence-electron chi connectivity index (χ2n) is 3.90. The molecule has 7 heteroatoms. The lowest BCUT2D eigenvalue weighted by molar-refractivity contribution is 0.288. The molecule has 0 fully saturated rings. The lowest BCUT2D eigenvalue weighted by Gasteiger charge is -2.12. The molecule has 0 atom stereocenters. The van der Waals surface area contributed by atoms with Crippen LogP contribution in [0.25, 0.3) is 11.4 Å². The van der Waals surface area contributed by atoms with E-state index in [9.17, 15) is 0 Å². The third-order valence-electron chi connectivity index (χ3n) is 2.47. The maximum absolute atomic E-state index is 5.57. The summed E-state index contributed by atoms with van der Waals surface area (Å²) in [5.74, 6) is 1.87. The number of nitrogens with two attached hydrogens (primary N) is 2. The quantitative estimate of drug-likeness (QED) is 0.850. The van der Waals surface area contributed by atoms with Gasteiger partial charge in [0.2, 0.25) is 11.9 Å². The van der Waals surface area contributed by atoms with Crippen LogP contribution in [0, 0.1) is 0 Å². The molecule has 106 valence electrons. The summed E-state index contributed by atoms with van der Waals surface area (Å²) in [6.45, 7) is 4.91. The van der Waals surface area contributed by atoms with Crippen molar-refractivity contribution in [2.24, 2.45) is 0 Å². The predicted octanol–water partition coefficient (Wildman–Crippen LogP) is 1.50. The molecule has 0 bridgehead atoms. The number of hydrogen-bond donors (Lipinski definition) is 2. The van der Waals surface area contributed by atoms with Crippen LogP contribution in [0.15, 0.2) is 18.2 Å². The minimum absolute atomic E-state index is 0.0827. The third kappa shape index (κ3) is 3.05. The molecule has 0 saturated carbocycles. The zero-order valence-corrected chi connectivity index (χ0v) is 11.5. The molecule has 0 amide bonds. The lowest BCUT2D eigenvalue weighted by Crippen LogP contribution is -2.04. The average molecular weight is 275 g/mol. The van der Waals surface area contributed by atoms with Gasteiger partial charge in [-0.3, -0.25) is 0 Å². The second-order valence-corrected chi connectivity index (χ2v) is 3.90. The van der Waals surface area contributed by atoms with Gasteiger partial charge in [0.15, 0.2) is 17.3 Å². The topological polar surface area (TPSA) is 109 Å². The highest BCUT2D eigenvalue weighted by molar-refractivity contribution is 5.62. The molecule has 20 heavy (non-hydrogen) atoms. The van der Waals surface area contributed by atoms with Crippen LogP contribution in [0.5, 0.6) is 11.5 Å².